The molecule has 3 rings (SSSR count). The lowest BCUT2D eigenvalue weighted by molar-refractivity contribution is 0.412. The van der Waals surface area contributed by atoms with E-state index in [1.807, 2.05) is 28.8 Å². The summed E-state index contributed by atoms with van der Waals surface area (Å²) in [6.45, 7) is 0.616. The molecule has 0 saturated carbocycles. The summed E-state index contributed by atoms with van der Waals surface area (Å²) in [4.78, 5) is 12.1. The predicted molar refractivity (Wildman–Crippen MR) is 82.5 cm³/mol. The van der Waals surface area contributed by atoms with Gasteiger partial charge in [0.2, 0.25) is 0 Å². The first-order valence-corrected chi connectivity index (χ1v) is 7.52. The first-order chi connectivity index (χ1) is 9.69. The second-order valence-corrected chi connectivity index (χ2v) is 5.91. The number of aromatic nitrogens is 1. The Morgan fingerprint density at radius 2 is 2.10 bits per heavy atom. The normalized spacial score (nSPS) is 13.3. The lowest BCUT2D eigenvalue weighted by Gasteiger charge is -2.13. The SMILES string of the molecule is COc1ccc(Cn2c3c(ccc2=O)CCC3)cc1Br. The average Bonchev–Trinajstić information content (AvgIpc) is 2.91. The second kappa shape index (κ2) is 5.44. The molecule has 1 aromatic heterocycles. The van der Waals surface area contributed by atoms with Crippen molar-refractivity contribution in [3.05, 3.63) is 62.0 Å². The number of hydrogen-bond acceptors (Lipinski definition) is 2. The van der Waals surface area contributed by atoms with Crippen molar-refractivity contribution in [3.8, 4) is 5.75 Å². The second-order valence-electron chi connectivity index (χ2n) is 5.05. The smallest absolute Gasteiger partial charge is 0.251 e. The summed E-state index contributed by atoms with van der Waals surface area (Å²) >= 11 is 3.49. The highest BCUT2D eigenvalue weighted by molar-refractivity contribution is 9.10. The van der Waals surface area contributed by atoms with Crippen LogP contribution in [0.1, 0.15) is 23.2 Å². The summed E-state index contributed by atoms with van der Waals surface area (Å²) in [5, 5.41) is 0. The molecule has 4 heteroatoms. The van der Waals surface area contributed by atoms with Crippen LogP contribution in [0.4, 0.5) is 0 Å². The van der Waals surface area contributed by atoms with E-state index < -0.39 is 0 Å². The molecule has 1 aliphatic rings. The Labute approximate surface area is 126 Å². The van der Waals surface area contributed by atoms with Crippen molar-refractivity contribution in [2.24, 2.45) is 0 Å². The molecule has 0 aliphatic heterocycles. The summed E-state index contributed by atoms with van der Waals surface area (Å²) in [6.07, 6.45) is 3.23. The van der Waals surface area contributed by atoms with Crippen molar-refractivity contribution >= 4 is 15.9 Å². The van der Waals surface area contributed by atoms with Crippen LogP contribution in [-0.4, -0.2) is 11.7 Å². The van der Waals surface area contributed by atoms with E-state index >= 15 is 0 Å². The molecule has 0 bridgehead atoms. The topological polar surface area (TPSA) is 31.2 Å². The molecule has 1 heterocycles. The highest BCUT2D eigenvalue weighted by Crippen LogP contribution is 2.26. The minimum atomic E-state index is 0.0811. The molecule has 0 atom stereocenters. The highest BCUT2D eigenvalue weighted by Gasteiger charge is 2.16. The molecule has 0 saturated heterocycles. The Kier molecular flexibility index (Phi) is 3.66. The third-order valence-electron chi connectivity index (χ3n) is 3.81. The van der Waals surface area contributed by atoms with Crippen LogP contribution in [0.5, 0.6) is 5.75 Å². The number of hydrogen-bond donors (Lipinski definition) is 0. The van der Waals surface area contributed by atoms with Crippen LogP contribution in [0.15, 0.2) is 39.6 Å². The molecule has 1 aliphatic carbocycles. The number of pyridine rings is 1. The maximum absolute atomic E-state index is 12.1. The van der Waals surface area contributed by atoms with E-state index in [1.54, 1.807) is 13.2 Å². The van der Waals surface area contributed by atoms with Gasteiger partial charge in [0.05, 0.1) is 18.1 Å². The molecule has 1 aromatic carbocycles. The number of fused-ring (bicyclic) bond motifs is 1. The van der Waals surface area contributed by atoms with Gasteiger partial charge in [0, 0.05) is 11.8 Å². The maximum atomic E-state index is 12.1. The van der Waals surface area contributed by atoms with Gasteiger partial charge in [0.25, 0.3) is 5.56 Å². The van der Waals surface area contributed by atoms with E-state index in [4.69, 9.17) is 4.74 Å². The Hall–Kier alpha value is -1.55. The van der Waals surface area contributed by atoms with Gasteiger partial charge in [-0.15, -0.1) is 0 Å². The van der Waals surface area contributed by atoms with E-state index in [2.05, 4.69) is 15.9 Å². The molecule has 0 unspecified atom stereocenters. The molecule has 0 amide bonds. The molecule has 3 nitrogen and oxygen atoms in total. The zero-order valence-electron chi connectivity index (χ0n) is 11.4. The Bertz CT molecular complexity index is 706. The molecular formula is C16H16BrNO2. The molecular weight excluding hydrogens is 318 g/mol. The van der Waals surface area contributed by atoms with Gasteiger partial charge in [0.1, 0.15) is 5.75 Å². The lowest BCUT2D eigenvalue weighted by atomic mass is 10.2. The van der Waals surface area contributed by atoms with Crippen LogP contribution in [0.2, 0.25) is 0 Å². The zero-order valence-corrected chi connectivity index (χ0v) is 12.9. The molecule has 0 fully saturated rings. The predicted octanol–water partition coefficient (Wildman–Crippen LogP) is 3.16. The van der Waals surface area contributed by atoms with E-state index in [9.17, 15) is 4.79 Å². The number of aryl methyl sites for hydroxylation is 1. The molecule has 2 aromatic rings. The molecule has 0 radical (unpaired) electrons. The van der Waals surface area contributed by atoms with Gasteiger partial charge in [0.15, 0.2) is 0 Å². The summed E-state index contributed by atoms with van der Waals surface area (Å²) in [5.41, 5.74) is 3.69. The fraction of sp³-hybridized carbons (Fsp3) is 0.312. The van der Waals surface area contributed by atoms with Crippen molar-refractivity contribution in [1.82, 2.24) is 4.57 Å². The first kappa shape index (κ1) is 13.4. The van der Waals surface area contributed by atoms with E-state index in [0.29, 0.717) is 6.54 Å². The van der Waals surface area contributed by atoms with Gasteiger partial charge < -0.3 is 9.30 Å². The largest absolute Gasteiger partial charge is 0.496 e. The van der Waals surface area contributed by atoms with Crippen LogP contribution < -0.4 is 10.3 Å². The van der Waals surface area contributed by atoms with Crippen molar-refractivity contribution in [3.63, 3.8) is 0 Å². The quantitative estimate of drug-likeness (QED) is 0.863. The molecule has 0 spiro atoms. The van der Waals surface area contributed by atoms with Crippen molar-refractivity contribution in [2.75, 3.05) is 7.11 Å². The number of nitrogens with zero attached hydrogens (tertiary/aromatic N) is 1. The summed E-state index contributed by atoms with van der Waals surface area (Å²) in [7, 11) is 1.65. The van der Waals surface area contributed by atoms with Crippen LogP contribution in [0.3, 0.4) is 0 Å². The minimum absolute atomic E-state index is 0.0811. The Morgan fingerprint density at radius 1 is 1.25 bits per heavy atom. The van der Waals surface area contributed by atoms with Gasteiger partial charge in [-0.05, 0) is 58.5 Å². The number of ether oxygens (including phenoxy) is 1. The zero-order chi connectivity index (χ0) is 14.1. The van der Waals surface area contributed by atoms with Gasteiger partial charge in [-0.1, -0.05) is 12.1 Å². The van der Waals surface area contributed by atoms with Gasteiger partial charge in [-0.25, -0.2) is 0 Å². The number of benzene rings is 1. The van der Waals surface area contributed by atoms with Crippen LogP contribution in [0, 0.1) is 0 Å². The standard InChI is InChI=1S/C16H16BrNO2/c1-20-15-7-5-11(9-13(15)17)10-18-14-4-2-3-12(14)6-8-16(18)19/h5-9H,2-4,10H2,1H3. The fourth-order valence-electron chi connectivity index (χ4n) is 2.80. The Balaban J connectivity index is 1.98. The van der Waals surface area contributed by atoms with Crippen molar-refractivity contribution < 1.29 is 4.74 Å². The fourth-order valence-corrected chi connectivity index (χ4v) is 3.39. The molecule has 0 N–H and O–H groups in total. The van der Waals surface area contributed by atoms with E-state index in [1.165, 1.54) is 11.3 Å². The average molecular weight is 334 g/mol. The van der Waals surface area contributed by atoms with Crippen LogP contribution in [0.25, 0.3) is 0 Å². The first-order valence-electron chi connectivity index (χ1n) is 6.73. The maximum Gasteiger partial charge on any atom is 0.251 e. The van der Waals surface area contributed by atoms with Gasteiger partial charge in [-0.2, -0.15) is 0 Å². The highest BCUT2D eigenvalue weighted by atomic mass is 79.9. The minimum Gasteiger partial charge on any atom is -0.496 e. The summed E-state index contributed by atoms with van der Waals surface area (Å²) < 4.78 is 8.05. The van der Waals surface area contributed by atoms with E-state index in [0.717, 1.165) is 35.0 Å². The van der Waals surface area contributed by atoms with Crippen molar-refractivity contribution in [2.45, 2.75) is 25.8 Å². The monoisotopic (exact) mass is 333 g/mol. The summed E-state index contributed by atoms with van der Waals surface area (Å²) in [5.74, 6) is 0.805. The van der Waals surface area contributed by atoms with E-state index in [-0.39, 0.29) is 5.56 Å². The van der Waals surface area contributed by atoms with Crippen LogP contribution in [-0.2, 0) is 19.4 Å². The van der Waals surface area contributed by atoms with Crippen molar-refractivity contribution in [1.29, 1.82) is 0 Å². The van der Waals surface area contributed by atoms with Gasteiger partial charge in [-0.3, -0.25) is 4.79 Å². The third kappa shape index (κ3) is 2.40. The van der Waals surface area contributed by atoms with Crippen LogP contribution >= 0.6 is 15.9 Å². The lowest BCUT2D eigenvalue weighted by Crippen LogP contribution is -2.23. The number of methoxy groups -OCH3 is 1. The Morgan fingerprint density at radius 3 is 2.85 bits per heavy atom. The molecule has 20 heavy (non-hydrogen) atoms. The molecule has 104 valence electrons. The number of halogens is 1. The number of rotatable bonds is 3. The van der Waals surface area contributed by atoms with Gasteiger partial charge >= 0.3 is 0 Å². The summed E-state index contributed by atoms with van der Waals surface area (Å²) in [6, 6.07) is 9.60. The third-order valence-corrected chi connectivity index (χ3v) is 4.43.